The summed E-state index contributed by atoms with van der Waals surface area (Å²) >= 11 is 0. The van der Waals surface area contributed by atoms with Crippen molar-refractivity contribution in [1.82, 2.24) is 19.9 Å². The molecule has 0 fully saturated rings. The van der Waals surface area contributed by atoms with Crippen molar-refractivity contribution in [1.29, 1.82) is 0 Å². The number of aromatic nitrogens is 4. The summed E-state index contributed by atoms with van der Waals surface area (Å²) in [6, 6.07) is 0. The molecular formula is C5H5KN4O. The van der Waals surface area contributed by atoms with Crippen LogP contribution in [-0.2, 0) is 0 Å². The molecule has 2 rings (SSSR count). The summed E-state index contributed by atoms with van der Waals surface area (Å²) in [5, 5.41) is 0. The summed E-state index contributed by atoms with van der Waals surface area (Å²) in [7, 11) is 0. The Morgan fingerprint density at radius 1 is 1.18 bits per heavy atom. The van der Waals surface area contributed by atoms with Gasteiger partial charge in [-0.05, 0) is 0 Å². The van der Waals surface area contributed by atoms with Gasteiger partial charge in [-0.15, -0.1) is 0 Å². The first-order valence-corrected chi connectivity index (χ1v) is 2.75. The quantitative estimate of drug-likeness (QED) is 0.505. The molecule has 0 spiro atoms. The summed E-state index contributed by atoms with van der Waals surface area (Å²) in [5.41, 5.74) is 0.675. The van der Waals surface area contributed by atoms with Gasteiger partial charge in [0.15, 0.2) is 11.2 Å². The fraction of sp³-hybridized carbons (Fsp3) is 0. The van der Waals surface area contributed by atoms with Crippen LogP contribution in [0.4, 0.5) is 0 Å². The van der Waals surface area contributed by atoms with Gasteiger partial charge in [0.25, 0.3) is 5.56 Å². The van der Waals surface area contributed by atoms with Gasteiger partial charge >= 0.3 is 51.4 Å². The van der Waals surface area contributed by atoms with Crippen LogP contribution in [0.15, 0.2) is 17.4 Å². The summed E-state index contributed by atoms with van der Waals surface area (Å²) in [5.74, 6) is 0. The van der Waals surface area contributed by atoms with Crippen LogP contribution in [0, 0.1) is 0 Å². The van der Waals surface area contributed by atoms with Crippen LogP contribution in [0.5, 0.6) is 0 Å². The van der Waals surface area contributed by atoms with Crippen LogP contribution < -0.4 is 5.56 Å². The Kier molecular flexibility index (Phi) is 2.96. The van der Waals surface area contributed by atoms with E-state index in [1.54, 1.807) is 0 Å². The number of imidazole rings is 1. The van der Waals surface area contributed by atoms with E-state index in [1.807, 2.05) is 0 Å². The number of H-pyrrole nitrogens is 2. The van der Waals surface area contributed by atoms with E-state index in [2.05, 4.69) is 19.9 Å². The van der Waals surface area contributed by atoms with Gasteiger partial charge in [0.05, 0.1) is 12.7 Å². The van der Waals surface area contributed by atoms with Gasteiger partial charge in [0.1, 0.15) is 0 Å². The van der Waals surface area contributed by atoms with Crippen LogP contribution in [0.25, 0.3) is 11.2 Å². The van der Waals surface area contributed by atoms with Crippen molar-refractivity contribution in [2.75, 3.05) is 0 Å². The number of nitrogens with zero attached hydrogens (tertiary/aromatic N) is 2. The first-order valence-electron chi connectivity index (χ1n) is 2.75. The van der Waals surface area contributed by atoms with Gasteiger partial charge in [-0.3, -0.25) is 4.79 Å². The van der Waals surface area contributed by atoms with Crippen LogP contribution in [0.3, 0.4) is 0 Å². The van der Waals surface area contributed by atoms with Gasteiger partial charge in [-0.1, -0.05) is 0 Å². The zero-order chi connectivity index (χ0) is 6.97. The Hall–Kier alpha value is -0.0136. The van der Waals surface area contributed by atoms with Crippen molar-refractivity contribution in [2.45, 2.75) is 0 Å². The molecular weight excluding hydrogens is 171 g/mol. The Morgan fingerprint density at radius 3 is 2.64 bits per heavy atom. The van der Waals surface area contributed by atoms with E-state index in [4.69, 9.17) is 0 Å². The molecule has 11 heavy (non-hydrogen) atoms. The normalized spacial score (nSPS) is 9.45. The van der Waals surface area contributed by atoms with Crippen molar-refractivity contribution in [3.8, 4) is 0 Å². The molecule has 5 nitrogen and oxygen atoms in total. The van der Waals surface area contributed by atoms with Gasteiger partial charge in [0.2, 0.25) is 0 Å². The molecule has 2 aromatic rings. The number of nitrogens with one attached hydrogen (secondary N) is 2. The predicted octanol–water partition coefficient (Wildman–Crippen LogP) is -1.00. The Bertz CT molecular complexity index is 406. The molecule has 2 heterocycles. The fourth-order valence-electron chi connectivity index (χ4n) is 0.783. The van der Waals surface area contributed by atoms with E-state index in [1.165, 1.54) is 12.7 Å². The standard InChI is InChI=1S/C5H4N4O.K.H/c10-5-3-4(7-1-6-3)8-2-9-5;;/h1-2H,(H2,6,7,8,9,10);;. The number of rotatable bonds is 0. The molecule has 2 aromatic heterocycles. The molecule has 2 N–H and O–H groups in total. The third-order valence-corrected chi connectivity index (χ3v) is 1.24. The third kappa shape index (κ3) is 1.59. The van der Waals surface area contributed by atoms with E-state index in [0.717, 1.165) is 0 Å². The van der Waals surface area contributed by atoms with E-state index in [9.17, 15) is 4.79 Å². The Morgan fingerprint density at radius 2 is 1.91 bits per heavy atom. The van der Waals surface area contributed by atoms with E-state index < -0.39 is 0 Å². The number of fused-ring (bicyclic) bond motifs is 1. The van der Waals surface area contributed by atoms with Crippen molar-refractivity contribution >= 4 is 62.5 Å². The van der Waals surface area contributed by atoms with E-state index >= 15 is 0 Å². The fourth-order valence-corrected chi connectivity index (χ4v) is 0.783. The van der Waals surface area contributed by atoms with Gasteiger partial charge in [-0.2, -0.15) is 4.98 Å². The summed E-state index contributed by atoms with van der Waals surface area (Å²) in [6.45, 7) is 0. The SMILES string of the molecule is O=c1nc[nH]c2nc[nH]c12.[KH]. The minimum absolute atomic E-state index is 0. The summed E-state index contributed by atoms with van der Waals surface area (Å²) < 4.78 is 0. The minimum atomic E-state index is -0.286. The molecule has 0 aliphatic carbocycles. The molecule has 52 valence electrons. The number of hydrogen-bond acceptors (Lipinski definition) is 3. The maximum absolute atomic E-state index is 10.8. The maximum atomic E-state index is 10.8. The zero-order valence-electron chi connectivity index (χ0n) is 4.96. The molecule has 0 amide bonds. The van der Waals surface area contributed by atoms with E-state index in [0.29, 0.717) is 11.2 Å². The predicted molar refractivity (Wildman–Crippen MR) is 41.7 cm³/mol. The molecule has 0 atom stereocenters. The second kappa shape index (κ2) is 3.59. The van der Waals surface area contributed by atoms with Gasteiger partial charge in [0, 0.05) is 0 Å². The van der Waals surface area contributed by atoms with Crippen LogP contribution in [0.1, 0.15) is 0 Å². The molecule has 0 saturated heterocycles. The summed E-state index contributed by atoms with van der Waals surface area (Å²) in [6.07, 6.45) is 2.77. The molecule has 6 heteroatoms. The van der Waals surface area contributed by atoms with Crippen molar-refractivity contribution in [3.63, 3.8) is 0 Å². The van der Waals surface area contributed by atoms with Crippen molar-refractivity contribution in [2.24, 2.45) is 0 Å². The number of aromatic amines is 2. The van der Waals surface area contributed by atoms with Crippen molar-refractivity contribution < 1.29 is 0 Å². The Labute approximate surface area is 104 Å². The second-order valence-electron chi connectivity index (χ2n) is 1.83. The summed E-state index contributed by atoms with van der Waals surface area (Å²) in [4.78, 5) is 23.6. The van der Waals surface area contributed by atoms with Crippen LogP contribution in [0.2, 0.25) is 0 Å². The van der Waals surface area contributed by atoms with Crippen LogP contribution in [-0.4, -0.2) is 71.3 Å². The topological polar surface area (TPSA) is 74.4 Å². The third-order valence-electron chi connectivity index (χ3n) is 1.24. The first kappa shape index (κ1) is 9.08. The molecule has 0 aliphatic heterocycles. The number of hydrogen-bond donors (Lipinski definition) is 2. The van der Waals surface area contributed by atoms with Crippen LogP contribution >= 0.6 is 0 Å². The molecule has 0 aliphatic rings. The molecule has 0 aromatic carbocycles. The monoisotopic (exact) mass is 176 g/mol. The Balaban J connectivity index is 0.000000605. The van der Waals surface area contributed by atoms with E-state index in [-0.39, 0.29) is 56.9 Å². The van der Waals surface area contributed by atoms with Gasteiger partial charge in [-0.25, -0.2) is 4.98 Å². The molecule has 0 saturated carbocycles. The zero-order valence-corrected chi connectivity index (χ0v) is 4.96. The average molecular weight is 176 g/mol. The molecule has 0 unspecified atom stereocenters. The molecule has 0 bridgehead atoms. The first-order chi connectivity index (χ1) is 4.88. The average Bonchev–Trinajstić information content (AvgIpc) is 2.36. The van der Waals surface area contributed by atoms with Gasteiger partial charge < -0.3 is 9.97 Å². The molecule has 0 radical (unpaired) electrons. The second-order valence-corrected chi connectivity index (χ2v) is 1.83. The van der Waals surface area contributed by atoms with Crippen molar-refractivity contribution in [3.05, 3.63) is 23.0 Å².